The molecule has 1 fully saturated rings. The summed E-state index contributed by atoms with van der Waals surface area (Å²) in [5.74, 6) is -0.230. The molecule has 492 valence electrons. The lowest BCUT2D eigenvalue weighted by Gasteiger charge is -2.35. The second-order valence-corrected chi connectivity index (χ2v) is 24.2. The smallest absolute Gasteiger partial charge is 0.426 e. The van der Waals surface area contributed by atoms with E-state index in [1.807, 2.05) is 40.3 Å². The molecule has 24 heteroatoms. The predicted octanol–water partition coefficient (Wildman–Crippen LogP) is 10.7. The van der Waals surface area contributed by atoms with Crippen LogP contribution in [0.3, 0.4) is 0 Å². The summed E-state index contributed by atoms with van der Waals surface area (Å²) >= 11 is 0. The van der Waals surface area contributed by atoms with E-state index in [0.29, 0.717) is 61.7 Å². The summed E-state index contributed by atoms with van der Waals surface area (Å²) < 4.78 is 53.2. The monoisotopic (exact) mass is 1290 g/mol. The highest BCUT2D eigenvalue weighted by Gasteiger charge is 2.43. The number of unbranched alkanes of at least 4 members (excludes halogenated alkanes) is 4. The first-order chi connectivity index (χ1) is 45.3. The number of nitrogens with one attached hydrogen (secondary N) is 1. The van der Waals surface area contributed by atoms with Gasteiger partial charge < -0.3 is 59.9 Å². The minimum absolute atomic E-state index is 0.0402. The molecule has 0 bridgehead atoms. The molecule has 1 unspecified atom stereocenters. The van der Waals surface area contributed by atoms with Crippen LogP contribution in [0.2, 0.25) is 0 Å². The Labute approximate surface area is 542 Å². The molecular weight excluding hydrogens is 1210 g/mol. The second kappa shape index (κ2) is 34.5. The highest BCUT2D eigenvalue weighted by atomic mass is 31.2. The van der Waals surface area contributed by atoms with Gasteiger partial charge in [0.2, 0.25) is 11.3 Å². The van der Waals surface area contributed by atoms with Crippen LogP contribution in [0.25, 0.3) is 33.4 Å². The number of hydrogen-bond donors (Lipinski definition) is 3. The molecule has 0 saturated carbocycles. The number of guanidine groups is 1. The van der Waals surface area contributed by atoms with E-state index in [0.717, 1.165) is 103 Å². The van der Waals surface area contributed by atoms with E-state index in [4.69, 9.17) is 49.2 Å². The number of ether oxygens (including phenoxy) is 3. The van der Waals surface area contributed by atoms with E-state index in [2.05, 4.69) is 94.2 Å². The van der Waals surface area contributed by atoms with Crippen molar-refractivity contribution in [3.63, 3.8) is 0 Å². The van der Waals surface area contributed by atoms with Gasteiger partial charge in [0.05, 0.1) is 44.4 Å². The van der Waals surface area contributed by atoms with Crippen molar-refractivity contribution in [1.82, 2.24) is 34.7 Å². The minimum Gasteiger partial charge on any atom is -0.456 e. The number of para-hydroxylation sites is 2. The first kappa shape index (κ1) is 68.3. The summed E-state index contributed by atoms with van der Waals surface area (Å²) in [4.78, 5) is 62.3. The van der Waals surface area contributed by atoms with E-state index < -0.39 is 19.5 Å². The summed E-state index contributed by atoms with van der Waals surface area (Å²) in [6.45, 7) is 15.3. The Hall–Kier alpha value is -9.12. The van der Waals surface area contributed by atoms with Crippen LogP contribution < -0.4 is 41.4 Å². The van der Waals surface area contributed by atoms with Crippen LogP contribution in [0.15, 0.2) is 161 Å². The van der Waals surface area contributed by atoms with Crippen molar-refractivity contribution in [2.45, 2.75) is 91.6 Å². The molecule has 2 aliphatic heterocycles. The molecule has 1 saturated heterocycles. The number of benzene rings is 6. The largest absolute Gasteiger partial charge is 0.456 e. The summed E-state index contributed by atoms with van der Waals surface area (Å²) in [5, 5.41) is 13.1. The van der Waals surface area contributed by atoms with Crippen LogP contribution in [0.5, 0.6) is 11.5 Å². The quantitative estimate of drug-likeness (QED) is 0.00494. The number of rotatable bonds is 34. The van der Waals surface area contributed by atoms with Crippen molar-refractivity contribution >= 4 is 53.8 Å². The number of hydrogen-bond acceptors (Lipinski definition) is 16. The molecule has 1 aromatic heterocycles. The molecule has 23 nitrogen and oxygen atoms in total. The molecule has 0 spiro atoms. The standard InChI is InChI=1S/C69H84N11O12P/c1-5-76(6-2)54-33-35-60-62(47-54)88-63-48-55(77(7-3)8-4)34-36-61(63)66(60)58-26-19-20-27-59(58)67(82)79-40-38-78(39-41-79)65(81)28-18-10-9-11-21-37-80-49-53(74-75-80)50-86-43-42-85-44-45-87-69(83)73-64(46-51-29-31-52(32-30-51)72-68(70)71)93(84,91-89-56-22-14-12-15-23-56)92-90-57-24-16-13-17-25-57/h12-17,19-20,22-27,29-36,47-49,64H,5-11,18,21,28,37-46,50H2,1-4H3,(H4-,70,71,72,73,83)/p+1. The van der Waals surface area contributed by atoms with E-state index in [9.17, 15) is 18.9 Å². The number of nitrogens with two attached hydrogens (primary N) is 2. The lowest BCUT2D eigenvalue weighted by molar-refractivity contribution is -0.173. The number of aliphatic imine (C=N–C) groups is 1. The third-order valence-corrected chi connectivity index (χ3v) is 17.6. The summed E-state index contributed by atoms with van der Waals surface area (Å²) in [5.41, 5.74) is 18.1. The molecule has 3 heterocycles. The fraction of sp³-hybridized carbons (Fsp3) is 0.377. The van der Waals surface area contributed by atoms with Gasteiger partial charge in [-0.1, -0.05) is 101 Å². The number of alkyl carbamates (subject to hydrolysis) is 1. The van der Waals surface area contributed by atoms with Crippen molar-refractivity contribution in [2.75, 3.05) is 83.7 Å². The van der Waals surface area contributed by atoms with Gasteiger partial charge in [-0.25, -0.2) is 14.4 Å². The highest BCUT2D eigenvalue weighted by Crippen LogP contribution is 2.54. The second-order valence-electron chi connectivity index (χ2n) is 22.2. The van der Waals surface area contributed by atoms with Crippen molar-refractivity contribution < 1.29 is 56.7 Å². The van der Waals surface area contributed by atoms with Crippen LogP contribution >= 0.6 is 7.60 Å². The number of carbonyl (C=O) groups is 3. The van der Waals surface area contributed by atoms with Gasteiger partial charge in [0, 0.05) is 98.6 Å². The molecule has 0 radical (unpaired) electrons. The van der Waals surface area contributed by atoms with Crippen LogP contribution in [-0.4, -0.2) is 133 Å². The number of nitrogens with zero attached hydrogens (tertiary/aromatic N) is 8. The number of piperazine rings is 1. The van der Waals surface area contributed by atoms with Crippen molar-refractivity contribution in [3.8, 4) is 33.9 Å². The first-order valence-electron chi connectivity index (χ1n) is 31.9. The number of fused-ring (bicyclic) bond motifs is 2. The first-order valence-corrected chi connectivity index (χ1v) is 33.5. The SMILES string of the molecule is CCN(CC)c1ccc2c(-c3ccccc3C(=O)N3CCN(C(=O)CCCCCCCn4cc(COCCOCCOC(=O)NC(Cc5ccc(N=C(N)N)cc5)P(=O)(OOc5ccccc5)OOc5ccccc5)nn4)CC3)c3ccc(=[N+](CC)CC)cc-3oc2c1. The van der Waals surface area contributed by atoms with Crippen molar-refractivity contribution in [2.24, 2.45) is 16.5 Å². The molecule has 3 aliphatic rings. The summed E-state index contributed by atoms with van der Waals surface area (Å²) in [7, 11) is -4.54. The van der Waals surface area contributed by atoms with Gasteiger partial charge >= 0.3 is 13.7 Å². The Kier molecular flexibility index (Phi) is 25.3. The predicted molar refractivity (Wildman–Crippen MR) is 357 cm³/mol. The Morgan fingerprint density at radius 1 is 0.710 bits per heavy atom. The number of amides is 3. The van der Waals surface area contributed by atoms with Crippen molar-refractivity contribution in [3.05, 3.63) is 174 Å². The Morgan fingerprint density at radius 3 is 2.04 bits per heavy atom. The average Bonchev–Trinajstić information content (AvgIpc) is 1.04. The number of anilines is 1. The van der Waals surface area contributed by atoms with Crippen LogP contribution in [0, 0.1) is 0 Å². The normalized spacial score (nSPS) is 12.8. The maximum atomic E-state index is 14.6. The fourth-order valence-electron chi connectivity index (χ4n) is 11.0. The van der Waals surface area contributed by atoms with E-state index in [1.165, 1.54) is 0 Å². The number of carbonyl (C=O) groups excluding carboxylic acids is 3. The highest BCUT2D eigenvalue weighted by molar-refractivity contribution is 7.54. The van der Waals surface area contributed by atoms with Gasteiger partial charge in [-0.3, -0.25) is 18.8 Å². The van der Waals surface area contributed by atoms with Crippen LogP contribution in [-0.2, 0) is 52.5 Å². The zero-order valence-electron chi connectivity index (χ0n) is 53.4. The van der Waals surface area contributed by atoms with Gasteiger partial charge in [0.1, 0.15) is 42.5 Å². The van der Waals surface area contributed by atoms with Gasteiger partial charge in [0.25, 0.3) is 5.91 Å². The zero-order chi connectivity index (χ0) is 65.4. The molecule has 9 rings (SSSR count). The maximum Gasteiger partial charge on any atom is 0.426 e. The molecule has 5 N–H and O–H groups in total. The Bertz CT molecular complexity index is 3760. The van der Waals surface area contributed by atoms with Crippen LogP contribution in [0.1, 0.15) is 87.8 Å². The fourth-order valence-corrected chi connectivity index (χ4v) is 12.4. The molecule has 93 heavy (non-hydrogen) atoms. The Morgan fingerprint density at radius 2 is 1.35 bits per heavy atom. The topological polar surface area (TPSA) is 266 Å². The zero-order valence-corrected chi connectivity index (χ0v) is 54.3. The van der Waals surface area contributed by atoms with Crippen LogP contribution in [0.4, 0.5) is 16.2 Å². The molecular formula is C69H85N11O12P+. The maximum absolute atomic E-state index is 14.6. The van der Waals surface area contributed by atoms with Crippen molar-refractivity contribution in [1.29, 1.82) is 0 Å². The molecule has 1 atom stereocenters. The summed E-state index contributed by atoms with van der Waals surface area (Å²) in [6.07, 6.45) is 5.93. The van der Waals surface area contributed by atoms with E-state index in [1.54, 1.807) is 89.6 Å². The third kappa shape index (κ3) is 19.2. The summed E-state index contributed by atoms with van der Waals surface area (Å²) in [6, 6.07) is 44.0. The van der Waals surface area contributed by atoms with Gasteiger partial charge in [-0.05, 0) is 112 Å². The molecule has 1 aliphatic carbocycles. The van der Waals surface area contributed by atoms with E-state index >= 15 is 0 Å². The lowest BCUT2D eigenvalue weighted by Crippen LogP contribution is -2.50. The number of aryl methyl sites for hydroxylation is 1. The van der Waals surface area contributed by atoms with Gasteiger partial charge in [0.15, 0.2) is 17.5 Å². The number of aromatic nitrogens is 3. The average molecular weight is 1290 g/mol. The van der Waals surface area contributed by atoms with E-state index in [-0.39, 0.29) is 68.7 Å². The minimum atomic E-state index is -4.54. The van der Waals surface area contributed by atoms with Gasteiger partial charge in [-0.15, -0.1) is 5.10 Å². The van der Waals surface area contributed by atoms with Gasteiger partial charge in [-0.2, -0.15) is 0 Å². The third-order valence-electron chi connectivity index (χ3n) is 16.0. The lowest BCUT2D eigenvalue weighted by atomic mass is 9.90. The molecule has 3 amide bonds. The molecule has 6 aromatic rings. The Balaban J connectivity index is 0.665. The molecule has 5 aromatic carbocycles.